The summed E-state index contributed by atoms with van der Waals surface area (Å²) < 4.78 is 18.7. The Bertz CT molecular complexity index is 525. The van der Waals surface area contributed by atoms with Gasteiger partial charge in [-0.2, -0.15) is 0 Å². The van der Waals surface area contributed by atoms with Crippen LogP contribution in [0.4, 0.5) is 4.39 Å². The van der Waals surface area contributed by atoms with Gasteiger partial charge >= 0.3 is 0 Å². The average molecular weight is 253 g/mol. The minimum Gasteiger partial charge on any atom is -0.497 e. The van der Waals surface area contributed by atoms with Gasteiger partial charge in [-0.1, -0.05) is 0 Å². The molecule has 3 nitrogen and oxygen atoms in total. The van der Waals surface area contributed by atoms with E-state index < -0.39 is 6.10 Å². The van der Waals surface area contributed by atoms with Crippen LogP contribution in [0, 0.1) is 5.82 Å². The molecule has 5 heteroatoms. The molecule has 0 amide bonds. The van der Waals surface area contributed by atoms with E-state index in [1.807, 2.05) is 0 Å². The summed E-state index contributed by atoms with van der Waals surface area (Å²) in [5.74, 6) is 0.0920. The van der Waals surface area contributed by atoms with Crippen molar-refractivity contribution in [3.8, 4) is 16.3 Å². The quantitative estimate of drug-likeness (QED) is 0.914. The monoisotopic (exact) mass is 253 g/mol. The molecule has 0 spiro atoms. The van der Waals surface area contributed by atoms with Gasteiger partial charge in [0.2, 0.25) is 0 Å². The van der Waals surface area contributed by atoms with Gasteiger partial charge in [-0.05, 0) is 19.1 Å². The van der Waals surface area contributed by atoms with E-state index in [-0.39, 0.29) is 5.82 Å². The molecular formula is C12H12FNO2S. The van der Waals surface area contributed by atoms with Crippen molar-refractivity contribution in [1.29, 1.82) is 0 Å². The largest absolute Gasteiger partial charge is 0.497 e. The second-order valence-corrected chi connectivity index (χ2v) is 4.65. The number of nitrogens with zero attached hydrogens (tertiary/aromatic N) is 1. The van der Waals surface area contributed by atoms with E-state index in [4.69, 9.17) is 4.74 Å². The number of aliphatic hydroxyl groups excluding tert-OH is 1. The molecule has 1 N–H and O–H groups in total. The van der Waals surface area contributed by atoms with Crippen molar-refractivity contribution in [2.75, 3.05) is 7.11 Å². The van der Waals surface area contributed by atoms with E-state index in [9.17, 15) is 9.50 Å². The summed E-state index contributed by atoms with van der Waals surface area (Å²) in [5, 5.41) is 9.95. The van der Waals surface area contributed by atoms with Crippen molar-refractivity contribution < 1.29 is 14.2 Å². The summed E-state index contributed by atoms with van der Waals surface area (Å²) in [6.07, 6.45) is 0.983. The maximum absolute atomic E-state index is 13.8. The first-order chi connectivity index (χ1) is 8.11. The number of ether oxygens (including phenoxy) is 1. The number of methoxy groups -OCH3 is 1. The first kappa shape index (κ1) is 12.0. The third-order valence-electron chi connectivity index (χ3n) is 2.34. The number of aliphatic hydroxyl groups is 1. The third kappa shape index (κ3) is 2.45. The molecule has 1 aromatic carbocycles. The molecule has 0 radical (unpaired) electrons. The highest BCUT2D eigenvalue weighted by molar-refractivity contribution is 7.15. The molecule has 0 saturated carbocycles. The third-order valence-corrected chi connectivity index (χ3v) is 3.54. The van der Waals surface area contributed by atoms with Crippen molar-refractivity contribution in [2.24, 2.45) is 0 Å². The minimum atomic E-state index is -0.581. The molecule has 0 saturated heterocycles. The fraction of sp³-hybridized carbons (Fsp3) is 0.250. The Morgan fingerprint density at radius 2 is 2.24 bits per heavy atom. The number of benzene rings is 1. The van der Waals surface area contributed by atoms with E-state index in [1.54, 1.807) is 25.3 Å². The predicted octanol–water partition coefficient (Wildman–Crippen LogP) is 3.01. The van der Waals surface area contributed by atoms with Gasteiger partial charge in [0.05, 0.1) is 18.1 Å². The highest BCUT2D eigenvalue weighted by Crippen LogP contribution is 2.31. The summed E-state index contributed by atoms with van der Waals surface area (Å²) in [7, 11) is 1.49. The SMILES string of the molecule is COc1ccc(-c2ncc(C(C)O)s2)c(F)c1. The van der Waals surface area contributed by atoms with Crippen molar-refractivity contribution in [1.82, 2.24) is 4.98 Å². The molecule has 1 heterocycles. The van der Waals surface area contributed by atoms with E-state index in [0.29, 0.717) is 16.3 Å². The molecule has 1 atom stereocenters. The second kappa shape index (κ2) is 4.81. The minimum absolute atomic E-state index is 0.379. The van der Waals surface area contributed by atoms with Gasteiger partial charge in [0, 0.05) is 17.8 Å². The molecule has 0 aliphatic carbocycles. The highest BCUT2D eigenvalue weighted by Gasteiger charge is 2.12. The van der Waals surface area contributed by atoms with Gasteiger partial charge < -0.3 is 9.84 Å². The van der Waals surface area contributed by atoms with Crippen LogP contribution in [-0.2, 0) is 0 Å². The lowest BCUT2D eigenvalue weighted by atomic mass is 10.2. The van der Waals surface area contributed by atoms with Crippen molar-refractivity contribution >= 4 is 11.3 Å². The van der Waals surface area contributed by atoms with Gasteiger partial charge in [0.1, 0.15) is 16.6 Å². The molecule has 0 aliphatic heterocycles. The van der Waals surface area contributed by atoms with Gasteiger partial charge in [-0.15, -0.1) is 11.3 Å². The molecule has 0 aliphatic rings. The zero-order valence-electron chi connectivity index (χ0n) is 9.48. The Hall–Kier alpha value is -1.46. The lowest BCUT2D eigenvalue weighted by molar-refractivity contribution is 0.203. The zero-order chi connectivity index (χ0) is 12.4. The number of halogens is 1. The highest BCUT2D eigenvalue weighted by atomic mass is 32.1. The van der Waals surface area contributed by atoms with Crippen LogP contribution in [0.25, 0.3) is 10.6 Å². The molecule has 1 aromatic heterocycles. The van der Waals surface area contributed by atoms with Crippen LogP contribution in [0.15, 0.2) is 24.4 Å². The Balaban J connectivity index is 2.38. The molecular weight excluding hydrogens is 241 g/mol. The molecule has 0 fully saturated rings. The van der Waals surface area contributed by atoms with Crippen LogP contribution in [0.3, 0.4) is 0 Å². The fourth-order valence-electron chi connectivity index (χ4n) is 1.40. The summed E-state index contributed by atoms with van der Waals surface area (Å²) >= 11 is 1.28. The Kier molecular flexibility index (Phi) is 3.40. The summed E-state index contributed by atoms with van der Waals surface area (Å²) in [6, 6.07) is 4.62. The van der Waals surface area contributed by atoms with Crippen LogP contribution >= 0.6 is 11.3 Å². The molecule has 2 rings (SSSR count). The number of rotatable bonds is 3. The molecule has 90 valence electrons. The number of aromatic nitrogens is 1. The van der Waals surface area contributed by atoms with Crippen LogP contribution in [0.5, 0.6) is 5.75 Å². The lowest BCUT2D eigenvalue weighted by Gasteiger charge is -2.02. The van der Waals surface area contributed by atoms with Gasteiger partial charge in [-0.25, -0.2) is 9.37 Å². The van der Waals surface area contributed by atoms with Gasteiger partial charge in [-0.3, -0.25) is 0 Å². The normalized spacial score (nSPS) is 12.5. The van der Waals surface area contributed by atoms with Crippen LogP contribution < -0.4 is 4.74 Å². The Labute approximate surface area is 103 Å². The smallest absolute Gasteiger partial charge is 0.137 e. The number of hydrogen-bond acceptors (Lipinski definition) is 4. The maximum Gasteiger partial charge on any atom is 0.137 e. The van der Waals surface area contributed by atoms with Crippen LogP contribution in [0.2, 0.25) is 0 Å². The van der Waals surface area contributed by atoms with E-state index in [1.165, 1.54) is 24.5 Å². The molecule has 2 aromatic rings. The summed E-state index contributed by atoms with van der Waals surface area (Å²) in [4.78, 5) is 4.82. The first-order valence-electron chi connectivity index (χ1n) is 5.09. The van der Waals surface area contributed by atoms with E-state index in [0.717, 1.165) is 4.88 Å². The lowest BCUT2D eigenvalue weighted by Crippen LogP contribution is -1.87. The van der Waals surface area contributed by atoms with Crippen molar-refractivity contribution in [2.45, 2.75) is 13.0 Å². The summed E-state index contributed by atoms with van der Waals surface area (Å²) in [6.45, 7) is 1.65. The standard InChI is InChI=1S/C12H12FNO2S/c1-7(15)11-6-14-12(17-11)9-4-3-8(16-2)5-10(9)13/h3-7,15H,1-2H3. The van der Waals surface area contributed by atoms with Crippen LogP contribution in [-0.4, -0.2) is 17.2 Å². The van der Waals surface area contributed by atoms with Crippen molar-refractivity contribution in [3.63, 3.8) is 0 Å². The van der Waals surface area contributed by atoms with Gasteiger partial charge in [0.15, 0.2) is 0 Å². The van der Waals surface area contributed by atoms with E-state index >= 15 is 0 Å². The number of thiazole rings is 1. The Morgan fingerprint density at radius 3 is 2.76 bits per heavy atom. The van der Waals surface area contributed by atoms with Gasteiger partial charge in [0.25, 0.3) is 0 Å². The molecule has 17 heavy (non-hydrogen) atoms. The summed E-state index contributed by atoms with van der Waals surface area (Å²) in [5.41, 5.74) is 0.419. The van der Waals surface area contributed by atoms with E-state index in [2.05, 4.69) is 4.98 Å². The number of hydrogen-bond donors (Lipinski definition) is 1. The molecule has 0 bridgehead atoms. The van der Waals surface area contributed by atoms with Crippen molar-refractivity contribution in [3.05, 3.63) is 35.1 Å². The predicted molar refractivity (Wildman–Crippen MR) is 64.7 cm³/mol. The van der Waals surface area contributed by atoms with Crippen LogP contribution in [0.1, 0.15) is 17.9 Å². The zero-order valence-corrected chi connectivity index (χ0v) is 10.3. The maximum atomic E-state index is 13.8. The average Bonchev–Trinajstić information content (AvgIpc) is 2.78. The molecule has 1 unspecified atom stereocenters. The first-order valence-corrected chi connectivity index (χ1v) is 5.91. The second-order valence-electron chi connectivity index (χ2n) is 3.59. The topological polar surface area (TPSA) is 42.4 Å². The fourth-order valence-corrected chi connectivity index (χ4v) is 2.28. The Morgan fingerprint density at radius 1 is 1.47 bits per heavy atom.